The number of thiazole rings is 1. The third-order valence-electron chi connectivity index (χ3n) is 3.37. The Labute approximate surface area is 154 Å². The number of hydrogen-bond donors (Lipinski definition) is 0. The first-order valence-corrected chi connectivity index (χ1v) is 10.0. The van der Waals surface area contributed by atoms with Crippen LogP contribution in [0.5, 0.6) is 0 Å². The fraction of sp³-hybridized carbons (Fsp3) is 0.211. The van der Waals surface area contributed by atoms with Crippen molar-refractivity contribution in [2.24, 2.45) is 5.92 Å². The maximum atomic E-state index is 4.68. The summed E-state index contributed by atoms with van der Waals surface area (Å²) in [7, 11) is 0. The van der Waals surface area contributed by atoms with Gasteiger partial charge in [-0.3, -0.25) is 0 Å². The minimum atomic E-state index is 0.633. The molecule has 23 heavy (non-hydrogen) atoms. The molecule has 3 aromatic rings. The Kier molecular flexibility index (Phi) is 5.57. The van der Waals surface area contributed by atoms with Crippen LogP contribution in [-0.4, -0.2) is 4.98 Å². The Morgan fingerprint density at radius 3 is 2.30 bits per heavy atom. The lowest BCUT2D eigenvalue weighted by atomic mass is 10.1. The van der Waals surface area contributed by atoms with E-state index in [1.807, 2.05) is 6.07 Å². The van der Waals surface area contributed by atoms with Crippen LogP contribution in [0.1, 0.15) is 18.7 Å². The molecule has 0 aliphatic rings. The molecule has 0 aliphatic heterocycles. The molecule has 0 unspecified atom stereocenters. The van der Waals surface area contributed by atoms with Crippen molar-refractivity contribution in [1.29, 1.82) is 0 Å². The summed E-state index contributed by atoms with van der Waals surface area (Å²) in [6.45, 7) is 4.49. The molecule has 0 amide bonds. The zero-order valence-corrected chi connectivity index (χ0v) is 16.3. The highest BCUT2D eigenvalue weighted by molar-refractivity contribution is 9.11. The van der Waals surface area contributed by atoms with Crippen LogP contribution in [0.3, 0.4) is 0 Å². The van der Waals surface area contributed by atoms with Gasteiger partial charge in [-0.1, -0.05) is 55.9 Å². The number of halogens is 1. The number of aromatic nitrogens is 1. The van der Waals surface area contributed by atoms with Gasteiger partial charge in [0.05, 0.1) is 5.69 Å². The highest BCUT2D eigenvalue weighted by atomic mass is 79.9. The van der Waals surface area contributed by atoms with Crippen molar-refractivity contribution in [3.05, 3.63) is 63.4 Å². The van der Waals surface area contributed by atoms with E-state index in [0.717, 1.165) is 16.0 Å². The van der Waals surface area contributed by atoms with Crippen LogP contribution in [0, 0.1) is 5.92 Å². The van der Waals surface area contributed by atoms with E-state index in [9.17, 15) is 0 Å². The summed E-state index contributed by atoms with van der Waals surface area (Å²) < 4.78 is 0.964. The molecule has 1 heterocycles. The first kappa shape index (κ1) is 16.7. The van der Waals surface area contributed by atoms with Gasteiger partial charge in [-0.2, -0.15) is 0 Å². The van der Waals surface area contributed by atoms with Crippen LogP contribution in [0.25, 0.3) is 11.3 Å². The topological polar surface area (TPSA) is 12.9 Å². The molecule has 0 saturated heterocycles. The van der Waals surface area contributed by atoms with Crippen molar-refractivity contribution in [3.63, 3.8) is 0 Å². The third-order valence-corrected chi connectivity index (χ3v) is 5.92. The molecule has 2 aromatic carbocycles. The summed E-state index contributed by atoms with van der Waals surface area (Å²) in [5, 5.41) is 0. The lowest BCUT2D eigenvalue weighted by Gasteiger charge is -2.06. The van der Waals surface area contributed by atoms with Gasteiger partial charge < -0.3 is 0 Å². The number of rotatable bonds is 5. The Morgan fingerprint density at radius 2 is 1.65 bits per heavy atom. The van der Waals surface area contributed by atoms with Crippen LogP contribution < -0.4 is 0 Å². The van der Waals surface area contributed by atoms with Crippen LogP contribution in [0.4, 0.5) is 0 Å². The minimum Gasteiger partial charge on any atom is -0.229 e. The second-order valence-corrected chi connectivity index (χ2v) is 9.28. The van der Waals surface area contributed by atoms with Crippen molar-refractivity contribution in [2.45, 2.75) is 30.1 Å². The molecule has 0 radical (unpaired) electrons. The summed E-state index contributed by atoms with van der Waals surface area (Å²) in [5.74, 6) is 0.633. The monoisotopic (exact) mass is 403 g/mol. The zero-order valence-electron chi connectivity index (χ0n) is 13.1. The van der Waals surface area contributed by atoms with E-state index in [1.165, 1.54) is 20.2 Å². The average molecular weight is 404 g/mol. The van der Waals surface area contributed by atoms with Gasteiger partial charge >= 0.3 is 0 Å². The molecule has 0 spiro atoms. The molecule has 0 atom stereocenters. The molecule has 0 aliphatic carbocycles. The quantitative estimate of drug-likeness (QED) is 0.458. The molecule has 3 rings (SSSR count). The van der Waals surface area contributed by atoms with Crippen LogP contribution in [0.2, 0.25) is 0 Å². The van der Waals surface area contributed by atoms with E-state index < -0.39 is 0 Å². The molecule has 1 aromatic heterocycles. The van der Waals surface area contributed by atoms with Crippen LogP contribution >= 0.6 is 39.0 Å². The highest BCUT2D eigenvalue weighted by Gasteiger charge is 2.13. The normalized spacial score (nSPS) is 11.1. The Balaban J connectivity index is 1.82. The summed E-state index contributed by atoms with van der Waals surface area (Å²) in [5.41, 5.74) is 2.31. The van der Waals surface area contributed by atoms with Gasteiger partial charge in [-0.05, 0) is 52.5 Å². The average Bonchev–Trinajstić information content (AvgIpc) is 2.89. The zero-order chi connectivity index (χ0) is 16.2. The molecule has 118 valence electrons. The lowest BCUT2D eigenvalue weighted by Crippen LogP contribution is -1.93. The number of hydrogen-bond acceptors (Lipinski definition) is 3. The minimum absolute atomic E-state index is 0.633. The molecule has 4 heteroatoms. The van der Waals surface area contributed by atoms with Gasteiger partial charge in [0.25, 0.3) is 0 Å². The predicted molar refractivity (Wildman–Crippen MR) is 104 cm³/mol. The van der Waals surface area contributed by atoms with E-state index in [0.29, 0.717) is 5.92 Å². The maximum Gasteiger partial charge on any atom is 0.160 e. The highest BCUT2D eigenvalue weighted by Crippen LogP contribution is 2.34. The number of benzene rings is 2. The van der Waals surface area contributed by atoms with Crippen LogP contribution in [0.15, 0.2) is 68.3 Å². The summed E-state index contributed by atoms with van der Waals surface area (Å²) in [6.07, 6.45) is 1.07. The second kappa shape index (κ2) is 7.65. The molecule has 0 saturated carbocycles. The molecule has 0 N–H and O–H groups in total. The fourth-order valence-corrected chi connectivity index (χ4v) is 4.98. The smallest absolute Gasteiger partial charge is 0.160 e. The first-order valence-electron chi connectivity index (χ1n) is 7.60. The van der Waals surface area contributed by atoms with E-state index in [4.69, 9.17) is 0 Å². The largest absolute Gasteiger partial charge is 0.229 e. The van der Waals surface area contributed by atoms with Crippen molar-refractivity contribution < 1.29 is 0 Å². The Hall–Kier alpha value is -1.10. The van der Waals surface area contributed by atoms with Gasteiger partial charge in [0.2, 0.25) is 0 Å². The Morgan fingerprint density at radius 1 is 1.00 bits per heavy atom. The fourth-order valence-electron chi connectivity index (χ4n) is 2.36. The van der Waals surface area contributed by atoms with Gasteiger partial charge in [0, 0.05) is 20.2 Å². The third kappa shape index (κ3) is 4.46. The van der Waals surface area contributed by atoms with E-state index >= 15 is 0 Å². The van der Waals surface area contributed by atoms with E-state index in [1.54, 1.807) is 23.1 Å². The molecule has 0 bridgehead atoms. The van der Waals surface area contributed by atoms with Crippen molar-refractivity contribution in [3.8, 4) is 11.3 Å². The summed E-state index contributed by atoms with van der Waals surface area (Å²) >= 11 is 7.06. The van der Waals surface area contributed by atoms with Gasteiger partial charge in [-0.25, -0.2) is 4.98 Å². The van der Waals surface area contributed by atoms with Gasteiger partial charge in [0.1, 0.15) is 0 Å². The predicted octanol–water partition coefficient (Wildman–Crippen LogP) is 6.92. The Bertz CT molecular complexity index is 764. The molecular formula is C19H18BrNS2. The van der Waals surface area contributed by atoms with Crippen LogP contribution in [-0.2, 0) is 6.42 Å². The number of nitrogens with zero attached hydrogens (tertiary/aromatic N) is 1. The molecule has 1 nitrogen and oxygen atoms in total. The SMILES string of the molecule is CC(C)Cc1sc(Br)nc1-c1ccc(Sc2ccccc2)cc1. The molecule has 0 fully saturated rings. The maximum absolute atomic E-state index is 4.68. The lowest BCUT2D eigenvalue weighted by molar-refractivity contribution is 0.654. The van der Waals surface area contributed by atoms with E-state index in [2.05, 4.69) is 83.3 Å². The van der Waals surface area contributed by atoms with Crippen molar-refractivity contribution >= 4 is 39.0 Å². The van der Waals surface area contributed by atoms with Crippen molar-refractivity contribution in [2.75, 3.05) is 0 Å². The first-order chi connectivity index (χ1) is 11.1. The summed E-state index contributed by atoms with van der Waals surface area (Å²) in [4.78, 5) is 8.54. The van der Waals surface area contributed by atoms with Gasteiger partial charge in [-0.15, -0.1) is 11.3 Å². The van der Waals surface area contributed by atoms with Crippen molar-refractivity contribution in [1.82, 2.24) is 4.98 Å². The van der Waals surface area contributed by atoms with E-state index in [-0.39, 0.29) is 0 Å². The second-order valence-electron chi connectivity index (χ2n) is 5.78. The molecular weight excluding hydrogens is 386 g/mol. The van der Waals surface area contributed by atoms with Gasteiger partial charge in [0.15, 0.2) is 3.92 Å². The summed E-state index contributed by atoms with van der Waals surface area (Å²) in [6, 6.07) is 19.2. The standard InChI is InChI=1S/C19H18BrNS2/c1-13(2)12-17-18(21-19(20)23-17)14-8-10-16(11-9-14)22-15-6-4-3-5-7-15/h3-11,13H,12H2,1-2H3.